The minimum Gasteiger partial charge on any atom is -0.303 e. The van der Waals surface area contributed by atoms with Crippen molar-refractivity contribution in [1.82, 2.24) is 9.78 Å². The molecule has 0 saturated heterocycles. The molecule has 0 radical (unpaired) electrons. The number of carbonyl (C=O) groups is 1. The first-order valence-electron chi connectivity index (χ1n) is 5.35. The van der Waals surface area contributed by atoms with Crippen LogP contribution in [0.1, 0.15) is 24.8 Å². The van der Waals surface area contributed by atoms with E-state index < -0.39 is 0 Å². The van der Waals surface area contributed by atoms with Crippen LogP contribution < -0.4 is 0 Å². The molecule has 16 heavy (non-hydrogen) atoms. The molecule has 2 rings (SSSR count). The van der Waals surface area contributed by atoms with Crippen LogP contribution in [0.15, 0.2) is 42.7 Å². The fourth-order valence-electron chi connectivity index (χ4n) is 1.68. The Hall–Kier alpha value is -1.90. The summed E-state index contributed by atoms with van der Waals surface area (Å²) < 4.78 is 1.82. The topological polar surface area (TPSA) is 34.9 Å². The second kappa shape index (κ2) is 4.75. The molecule has 0 bridgehead atoms. The van der Waals surface area contributed by atoms with Gasteiger partial charge in [0.25, 0.3) is 0 Å². The quantitative estimate of drug-likeness (QED) is 0.733. The minimum absolute atomic E-state index is 0.257. The van der Waals surface area contributed by atoms with Crippen LogP contribution in [0.4, 0.5) is 0 Å². The second-order valence-corrected chi connectivity index (χ2v) is 3.85. The molecule has 1 aromatic carbocycles. The predicted octanol–water partition coefficient (Wildman–Crippen LogP) is 2.56. The summed E-state index contributed by atoms with van der Waals surface area (Å²) in [4.78, 5) is 10.5. The van der Waals surface area contributed by atoms with Gasteiger partial charge in [-0.1, -0.05) is 19.1 Å². The molecule has 0 fully saturated rings. The van der Waals surface area contributed by atoms with Crippen molar-refractivity contribution in [2.45, 2.75) is 19.3 Å². The van der Waals surface area contributed by atoms with Crippen molar-refractivity contribution >= 4 is 6.29 Å². The lowest BCUT2D eigenvalue weighted by Crippen LogP contribution is -1.98. The Morgan fingerprint density at radius 2 is 2.31 bits per heavy atom. The average Bonchev–Trinajstić information content (AvgIpc) is 2.83. The molecule has 0 spiro atoms. The van der Waals surface area contributed by atoms with Crippen LogP contribution in [-0.4, -0.2) is 16.1 Å². The van der Waals surface area contributed by atoms with E-state index in [-0.39, 0.29) is 5.92 Å². The Morgan fingerprint density at radius 1 is 1.44 bits per heavy atom. The lowest BCUT2D eigenvalue weighted by Gasteiger charge is -2.10. The van der Waals surface area contributed by atoms with Gasteiger partial charge in [-0.05, 0) is 29.7 Å². The first-order valence-corrected chi connectivity index (χ1v) is 5.35. The normalized spacial score (nSPS) is 12.3. The van der Waals surface area contributed by atoms with Gasteiger partial charge in [-0.15, -0.1) is 0 Å². The van der Waals surface area contributed by atoms with E-state index in [1.807, 2.05) is 35.1 Å². The molecule has 0 N–H and O–H groups in total. The summed E-state index contributed by atoms with van der Waals surface area (Å²) in [5, 5.41) is 4.18. The number of carbonyl (C=O) groups excluding carboxylic acids is 1. The number of nitrogens with zero attached hydrogens (tertiary/aromatic N) is 2. The Morgan fingerprint density at radius 3 is 3.00 bits per heavy atom. The van der Waals surface area contributed by atoms with Crippen LogP contribution in [0.3, 0.4) is 0 Å². The molecular formula is C13H14N2O. The van der Waals surface area contributed by atoms with Gasteiger partial charge in [-0.3, -0.25) is 0 Å². The lowest BCUT2D eigenvalue weighted by molar-refractivity contribution is -0.108. The molecule has 0 aliphatic rings. The molecule has 2 aromatic rings. The van der Waals surface area contributed by atoms with Crippen LogP contribution >= 0.6 is 0 Å². The van der Waals surface area contributed by atoms with E-state index >= 15 is 0 Å². The Kier molecular flexibility index (Phi) is 3.15. The maximum Gasteiger partial charge on any atom is 0.120 e. The van der Waals surface area contributed by atoms with Gasteiger partial charge in [0.1, 0.15) is 6.29 Å². The van der Waals surface area contributed by atoms with Gasteiger partial charge >= 0.3 is 0 Å². The first kappa shape index (κ1) is 10.6. The summed E-state index contributed by atoms with van der Waals surface area (Å²) in [6.07, 6.45) is 5.18. The maximum atomic E-state index is 10.5. The largest absolute Gasteiger partial charge is 0.303 e. The minimum atomic E-state index is 0.257. The smallest absolute Gasteiger partial charge is 0.120 e. The van der Waals surface area contributed by atoms with Gasteiger partial charge < -0.3 is 4.79 Å². The standard InChI is InChI=1S/C13H14N2O/c1-11(6-9-16)12-4-2-5-13(10-12)15-8-3-7-14-15/h2-5,7-11H,6H2,1H3. The van der Waals surface area contributed by atoms with Gasteiger partial charge in [0.2, 0.25) is 0 Å². The summed E-state index contributed by atoms with van der Waals surface area (Å²) in [5.41, 5.74) is 2.19. The van der Waals surface area contributed by atoms with Gasteiger partial charge in [0, 0.05) is 18.8 Å². The predicted molar refractivity (Wildman–Crippen MR) is 62.7 cm³/mol. The summed E-state index contributed by atoms with van der Waals surface area (Å²) in [5.74, 6) is 0.257. The molecule has 0 aliphatic heterocycles. The van der Waals surface area contributed by atoms with E-state index in [0.717, 1.165) is 12.0 Å². The van der Waals surface area contributed by atoms with E-state index in [0.29, 0.717) is 6.42 Å². The molecule has 1 heterocycles. The fraction of sp³-hybridized carbons (Fsp3) is 0.231. The maximum absolute atomic E-state index is 10.5. The van der Waals surface area contributed by atoms with Crippen LogP contribution in [0.5, 0.6) is 0 Å². The molecule has 1 aromatic heterocycles. The van der Waals surface area contributed by atoms with Crippen molar-refractivity contribution in [2.24, 2.45) is 0 Å². The number of aldehydes is 1. The summed E-state index contributed by atoms with van der Waals surface area (Å²) in [6, 6.07) is 10.0. The molecule has 0 amide bonds. The molecule has 1 atom stereocenters. The first-order chi connectivity index (χ1) is 7.81. The van der Waals surface area contributed by atoms with Gasteiger partial charge in [0.05, 0.1) is 5.69 Å². The second-order valence-electron chi connectivity index (χ2n) is 3.85. The third-order valence-corrected chi connectivity index (χ3v) is 2.66. The summed E-state index contributed by atoms with van der Waals surface area (Å²) >= 11 is 0. The number of benzene rings is 1. The zero-order valence-corrected chi connectivity index (χ0v) is 9.21. The van der Waals surface area contributed by atoms with E-state index in [1.165, 1.54) is 5.56 Å². The summed E-state index contributed by atoms with van der Waals surface area (Å²) in [6.45, 7) is 2.05. The Balaban J connectivity index is 2.29. The van der Waals surface area contributed by atoms with Gasteiger partial charge in [-0.25, -0.2) is 4.68 Å². The molecule has 3 nitrogen and oxygen atoms in total. The number of hydrogen-bond donors (Lipinski definition) is 0. The van der Waals surface area contributed by atoms with Crippen molar-refractivity contribution in [2.75, 3.05) is 0 Å². The van der Waals surface area contributed by atoms with E-state index in [2.05, 4.69) is 18.1 Å². The van der Waals surface area contributed by atoms with Gasteiger partial charge in [-0.2, -0.15) is 5.10 Å². The molecule has 3 heteroatoms. The summed E-state index contributed by atoms with van der Waals surface area (Å²) in [7, 11) is 0. The van der Waals surface area contributed by atoms with E-state index in [1.54, 1.807) is 6.20 Å². The average molecular weight is 214 g/mol. The number of aromatic nitrogens is 2. The Bertz CT molecular complexity index is 463. The Labute approximate surface area is 94.7 Å². The molecule has 82 valence electrons. The van der Waals surface area contributed by atoms with Crippen LogP contribution in [-0.2, 0) is 4.79 Å². The van der Waals surface area contributed by atoms with Crippen molar-refractivity contribution in [3.05, 3.63) is 48.3 Å². The highest BCUT2D eigenvalue weighted by atomic mass is 16.1. The fourth-order valence-corrected chi connectivity index (χ4v) is 1.68. The number of rotatable bonds is 4. The van der Waals surface area contributed by atoms with Crippen LogP contribution in [0.2, 0.25) is 0 Å². The van der Waals surface area contributed by atoms with E-state index in [9.17, 15) is 4.79 Å². The van der Waals surface area contributed by atoms with Crippen LogP contribution in [0.25, 0.3) is 5.69 Å². The van der Waals surface area contributed by atoms with Gasteiger partial charge in [0.15, 0.2) is 0 Å². The monoisotopic (exact) mass is 214 g/mol. The van der Waals surface area contributed by atoms with Crippen LogP contribution in [0, 0.1) is 0 Å². The molecule has 0 aliphatic carbocycles. The highest BCUT2D eigenvalue weighted by Crippen LogP contribution is 2.20. The van der Waals surface area contributed by atoms with Crippen molar-refractivity contribution in [3.63, 3.8) is 0 Å². The zero-order valence-electron chi connectivity index (χ0n) is 9.21. The van der Waals surface area contributed by atoms with Crippen molar-refractivity contribution < 1.29 is 4.79 Å². The molecule has 0 saturated carbocycles. The third-order valence-electron chi connectivity index (χ3n) is 2.66. The molecular weight excluding hydrogens is 200 g/mol. The van der Waals surface area contributed by atoms with Crippen molar-refractivity contribution in [3.8, 4) is 5.69 Å². The lowest BCUT2D eigenvalue weighted by atomic mass is 9.98. The highest BCUT2D eigenvalue weighted by molar-refractivity contribution is 5.52. The SMILES string of the molecule is CC(CC=O)c1cccc(-n2cccn2)c1. The molecule has 1 unspecified atom stereocenters. The number of hydrogen-bond acceptors (Lipinski definition) is 2. The highest BCUT2D eigenvalue weighted by Gasteiger charge is 2.05. The van der Waals surface area contributed by atoms with E-state index in [4.69, 9.17) is 0 Å². The van der Waals surface area contributed by atoms with Crippen molar-refractivity contribution in [1.29, 1.82) is 0 Å². The third kappa shape index (κ3) is 2.19. The zero-order chi connectivity index (χ0) is 11.4.